The van der Waals surface area contributed by atoms with Crippen molar-refractivity contribution in [2.45, 2.75) is 25.4 Å². The number of hydrogen-bond acceptors (Lipinski definition) is 7. The van der Waals surface area contributed by atoms with Gasteiger partial charge < -0.3 is 20.3 Å². The molecule has 1 saturated heterocycles. The number of hydrogen-bond donors (Lipinski definition) is 2. The second kappa shape index (κ2) is 5.56. The lowest BCUT2D eigenvalue weighted by molar-refractivity contribution is 0.0314. The summed E-state index contributed by atoms with van der Waals surface area (Å²) < 4.78 is 5.74. The summed E-state index contributed by atoms with van der Waals surface area (Å²) in [5.74, 6) is 1.75. The zero-order valence-electron chi connectivity index (χ0n) is 12.0. The van der Waals surface area contributed by atoms with Gasteiger partial charge in [0, 0.05) is 34.3 Å². The quantitative estimate of drug-likeness (QED) is 0.822. The highest BCUT2D eigenvalue weighted by molar-refractivity contribution is 5.42. The van der Waals surface area contributed by atoms with E-state index in [1.165, 1.54) is 0 Å². The third kappa shape index (κ3) is 3.44. The molecule has 1 aliphatic heterocycles. The van der Waals surface area contributed by atoms with Crippen LogP contribution in [0.15, 0.2) is 0 Å². The molecule has 7 nitrogen and oxygen atoms in total. The van der Waals surface area contributed by atoms with Crippen LogP contribution in [-0.4, -0.2) is 54.8 Å². The van der Waals surface area contributed by atoms with Crippen LogP contribution in [-0.2, 0) is 4.74 Å². The molecule has 106 valence electrons. The van der Waals surface area contributed by atoms with E-state index < -0.39 is 0 Å². The molecule has 0 bridgehead atoms. The Hall–Kier alpha value is -1.63. The minimum atomic E-state index is -0.120. The highest BCUT2D eigenvalue weighted by atomic mass is 16.5. The largest absolute Gasteiger partial charge is 0.373 e. The molecule has 2 heterocycles. The van der Waals surface area contributed by atoms with Gasteiger partial charge in [0.1, 0.15) is 0 Å². The van der Waals surface area contributed by atoms with Gasteiger partial charge in [-0.25, -0.2) is 0 Å². The summed E-state index contributed by atoms with van der Waals surface area (Å²) in [6.45, 7) is 3.65. The first-order valence-corrected chi connectivity index (χ1v) is 6.51. The maximum absolute atomic E-state index is 5.74. The summed E-state index contributed by atoms with van der Waals surface area (Å²) in [6.07, 6.45) is 2.17. The van der Waals surface area contributed by atoms with Crippen molar-refractivity contribution in [1.29, 1.82) is 0 Å². The summed E-state index contributed by atoms with van der Waals surface area (Å²) in [5, 5.41) is 6.18. The average molecular weight is 266 g/mol. The maximum Gasteiger partial charge on any atom is 0.231 e. The van der Waals surface area contributed by atoms with Crippen LogP contribution in [0.4, 0.5) is 17.8 Å². The number of anilines is 3. The topological polar surface area (TPSA) is 75.2 Å². The molecule has 0 spiro atoms. The Morgan fingerprint density at radius 3 is 2.58 bits per heavy atom. The van der Waals surface area contributed by atoms with Crippen LogP contribution in [0.2, 0.25) is 0 Å². The Balaban J connectivity index is 2.08. The van der Waals surface area contributed by atoms with E-state index in [4.69, 9.17) is 4.74 Å². The van der Waals surface area contributed by atoms with Crippen LogP contribution in [0.1, 0.15) is 19.8 Å². The van der Waals surface area contributed by atoms with Crippen LogP contribution in [0.3, 0.4) is 0 Å². The minimum absolute atomic E-state index is 0.120. The molecule has 19 heavy (non-hydrogen) atoms. The van der Waals surface area contributed by atoms with Crippen molar-refractivity contribution in [1.82, 2.24) is 15.0 Å². The Bertz CT molecular complexity index is 430. The van der Waals surface area contributed by atoms with Crippen LogP contribution in [0, 0.1) is 0 Å². The van der Waals surface area contributed by atoms with Gasteiger partial charge in [-0.3, -0.25) is 0 Å². The Kier molecular flexibility index (Phi) is 4.04. The zero-order chi connectivity index (χ0) is 13.9. The van der Waals surface area contributed by atoms with Crippen molar-refractivity contribution in [2.24, 2.45) is 0 Å². The SMILES string of the molecule is CNc1nc(NCC2(C)CCCO2)nc(N(C)C)n1. The van der Waals surface area contributed by atoms with E-state index >= 15 is 0 Å². The molecule has 0 aliphatic carbocycles. The first-order valence-electron chi connectivity index (χ1n) is 6.51. The van der Waals surface area contributed by atoms with E-state index in [0.29, 0.717) is 24.4 Å². The molecule has 0 amide bonds. The van der Waals surface area contributed by atoms with Crippen LogP contribution < -0.4 is 15.5 Å². The van der Waals surface area contributed by atoms with E-state index in [2.05, 4.69) is 32.5 Å². The van der Waals surface area contributed by atoms with Crippen molar-refractivity contribution in [3.63, 3.8) is 0 Å². The molecule has 1 unspecified atom stereocenters. The van der Waals surface area contributed by atoms with Crippen molar-refractivity contribution in [3.05, 3.63) is 0 Å². The summed E-state index contributed by atoms with van der Waals surface area (Å²) in [4.78, 5) is 14.8. The number of aromatic nitrogens is 3. The molecule has 1 fully saturated rings. The monoisotopic (exact) mass is 266 g/mol. The fourth-order valence-electron chi connectivity index (χ4n) is 2.00. The van der Waals surface area contributed by atoms with E-state index in [0.717, 1.165) is 19.4 Å². The Labute approximate surface area is 113 Å². The molecule has 2 rings (SSSR count). The molecule has 1 aliphatic rings. The maximum atomic E-state index is 5.74. The number of nitrogens with zero attached hydrogens (tertiary/aromatic N) is 4. The highest BCUT2D eigenvalue weighted by Crippen LogP contribution is 2.25. The fraction of sp³-hybridized carbons (Fsp3) is 0.750. The molecule has 0 saturated carbocycles. The second-order valence-corrected chi connectivity index (χ2v) is 5.18. The lowest BCUT2D eigenvalue weighted by atomic mass is 10.0. The summed E-state index contributed by atoms with van der Waals surface area (Å²) in [5.41, 5.74) is -0.120. The summed E-state index contributed by atoms with van der Waals surface area (Å²) in [6, 6.07) is 0. The fourth-order valence-corrected chi connectivity index (χ4v) is 2.00. The van der Waals surface area contributed by atoms with Crippen LogP contribution >= 0.6 is 0 Å². The average Bonchev–Trinajstić information content (AvgIpc) is 2.83. The Morgan fingerprint density at radius 2 is 2.00 bits per heavy atom. The standard InChI is InChI=1S/C12H22N6O/c1-12(6-5-7-19-12)8-14-10-15-9(13-2)16-11(17-10)18(3)4/h5-8H2,1-4H3,(H2,13,14,15,16,17). The number of nitrogens with one attached hydrogen (secondary N) is 2. The first-order chi connectivity index (χ1) is 9.02. The molecule has 2 N–H and O–H groups in total. The summed E-state index contributed by atoms with van der Waals surface area (Å²) in [7, 11) is 5.60. The molecular weight excluding hydrogens is 244 g/mol. The predicted octanol–water partition coefficient (Wildman–Crippen LogP) is 0.960. The van der Waals surface area contributed by atoms with Gasteiger partial charge in [-0.15, -0.1) is 0 Å². The van der Waals surface area contributed by atoms with Crippen molar-refractivity contribution in [2.75, 3.05) is 49.8 Å². The van der Waals surface area contributed by atoms with Gasteiger partial charge in [0.15, 0.2) is 0 Å². The van der Waals surface area contributed by atoms with Crippen molar-refractivity contribution >= 4 is 17.8 Å². The van der Waals surface area contributed by atoms with E-state index in [9.17, 15) is 0 Å². The summed E-state index contributed by atoms with van der Waals surface area (Å²) >= 11 is 0. The zero-order valence-corrected chi connectivity index (χ0v) is 12.0. The molecule has 1 atom stereocenters. The van der Waals surface area contributed by atoms with E-state index in [1.807, 2.05) is 19.0 Å². The lowest BCUT2D eigenvalue weighted by Crippen LogP contribution is -2.33. The van der Waals surface area contributed by atoms with E-state index in [1.54, 1.807) is 7.05 Å². The van der Waals surface area contributed by atoms with Gasteiger partial charge in [-0.2, -0.15) is 15.0 Å². The smallest absolute Gasteiger partial charge is 0.231 e. The third-order valence-corrected chi connectivity index (χ3v) is 3.17. The van der Waals surface area contributed by atoms with Gasteiger partial charge in [0.25, 0.3) is 0 Å². The normalized spacial score (nSPS) is 22.3. The molecule has 0 aromatic carbocycles. The molecule has 0 radical (unpaired) electrons. The van der Waals surface area contributed by atoms with Gasteiger partial charge in [-0.1, -0.05) is 0 Å². The van der Waals surface area contributed by atoms with E-state index in [-0.39, 0.29) is 5.60 Å². The predicted molar refractivity (Wildman–Crippen MR) is 75.8 cm³/mol. The van der Waals surface area contributed by atoms with Gasteiger partial charge in [0.2, 0.25) is 17.8 Å². The van der Waals surface area contributed by atoms with Gasteiger partial charge in [-0.05, 0) is 19.8 Å². The number of rotatable bonds is 5. The Morgan fingerprint density at radius 1 is 1.26 bits per heavy atom. The van der Waals surface area contributed by atoms with Crippen LogP contribution in [0.25, 0.3) is 0 Å². The first kappa shape index (κ1) is 13.8. The van der Waals surface area contributed by atoms with Crippen molar-refractivity contribution < 1.29 is 4.74 Å². The molecule has 1 aromatic rings. The molecule has 1 aromatic heterocycles. The van der Waals surface area contributed by atoms with Crippen LogP contribution in [0.5, 0.6) is 0 Å². The van der Waals surface area contributed by atoms with Gasteiger partial charge in [0.05, 0.1) is 5.60 Å². The minimum Gasteiger partial charge on any atom is -0.373 e. The second-order valence-electron chi connectivity index (χ2n) is 5.18. The highest BCUT2D eigenvalue weighted by Gasteiger charge is 2.29. The molecule has 7 heteroatoms. The number of ether oxygens (including phenoxy) is 1. The van der Waals surface area contributed by atoms with Gasteiger partial charge >= 0.3 is 0 Å². The molecular formula is C12H22N6O. The third-order valence-electron chi connectivity index (χ3n) is 3.17. The van der Waals surface area contributed by atoms with Crippen molar-refractivity contribution in [3.8, 4) is 0 Å². The lowest BCUT2D eigenvalue weighted by Gasteiger charge is -2.23.